The second kappa shape index (κ2) is 9.58. The van der Waals surface area contributed by atoms with E-state index in [1.807, 2.05) is 41.0 Å². The van der Waals surface area contributed by atoms with E-state index in [9.17, 15) is 5.26 Å². The van der Waals surface area contributed by atoms with Crippen molar-refractivity contribution in [3.8, 4) is 34.6 Å². The van der Waals surface area contributed by atoms with Crippen molar-refractivity contribution in [2.24, 2.45) is 0 Å². The average Bonchev–Trinajstić information content (AvgIpc) is 3.27. The van der Waals surface area contributed by atoms with Crippen molar-refractivity contribution < 1.29 is 9.47 Å². The molecular weight excluding hydrogens is 420 g/mol. The fourth-order valence-electron chi connectivity index (χ4n) is 3.29. The van der Waals surface area contributed by atoms with E-state index in [-0.39, 0.29) is 0 Å². The van der Waals surface area contributed by atoms with Crippen LogP contribution >= 0.6 is 11.8 Å². The summed E-state index contributed by atoms with van der Waals surface area (Å²) in [5.41, 5.74) is 4.68. The van der Waals surface area contributed by atoms with E-state index in [4.69, 9.17) is 9.47 Å². The number of thioether (sulfide) groups is 1. The lowest BCUT2D eigenvalue weighted by Crippen LogP contribution is -2.00. The van der Waals surface area contributed by atoms with Gasteiger partial charge in [0.25, 0.3) is 0 Å². The van der Waals surface area contributed by atoms with Crippen LogP contribution in [0, 0.1) is 18.3 Å². The van der Waals surface area contributed by atoms with Crippen LogP contribution in [0.3, 0.4) is 0 Å². The van der Waals surface area contributed by atoms with Gasteiger partial charge in [0.15, 0.2) is 11.0 Å². The van der Waals surface area contributed by atoms with Crippen LogP contribution in [-0.4, -0.2) is 29.0 Å². The summed E-state index contributed by atoms with van der Waals surface area (Å²) in [6, 6.07) is 23.7. The second-order valence-electron chi connectivity index (χ2n) is 7.18. The quantitative estimate of drug-likeness (QED) is 0.356. The van der Waals surface area contributed by atoms with Crippen LogP contribution in [0.25, 0.3) is 17.1 Å². The van der Waals surface area contributed by atoms with Crippen molar-refractivity contribution in [2.45, 2.75) is 17.8 Å². The molecule has 0 radical (unpaired) electrons. The average molecular weight is 443 g/mol. The van der Waals surface area contributed by atoms with E-state index < -0.39 is 0 Å². The molecule has 0 fully saturated rings. The van der Waals surface area contributed by atoms with Crippen molar-refractivity contribution in [1.82, 2.24) is 14.8 Å². The molecule has 0 bridgehead atoms. The minimum atomic E-state index is 0.646. The Morgan fingerprint density at radius 2 is 1.66 bits per heavy atom. The lowest BCUT2D eigenvalue weighted by Gasteiger charge is -2.12. The standard InChI is InChI=1S/C25H22N4O2S/c1-17-7-9-21(10-8-17)29-24(20-12-22(30-2)14-23(13-20)31-3)27-28-25(29)32-16-19-6-4-5-18(11-19)15-26/h4-14H,16H2,1-3H3. The molecule has 1 aromatic heterocycles. The van der Waals surface area contributed by atoms with Gasteiger partial charge in [-0.2, -0.15) is 5.26 Å². The molecule has 160 valence electrons. The van der Waals surface area contributed by atoms with E-state index in [1.165, 1.54) is 5.56 Å². The molecule has 0 aliphatic rings. The second-order valence-corrected chi connectivity index (χ2v) is 8.12. The van der Waals surface area contributed by atoms with Crippen LogP contribution in [0.4, 0.5) is 0 Å². The van der Waals surface area contributed by atoms with Gasteiger partial charge in [-0.1, -0.05) is 41.6 Å². The lowest BCUT2D eigenvalue weighted by atomic mass is 10.1. The van der Waals surface area contributed by atoms with E-state index in [0.29, 0.717) is 28.6 Å². The first-order valence-corrected chi connectivity index (χ1v) is 11.0. The molecule has 4 rings (SSSR count). The zero-order valence-corrected chi connectivity index (χ0v) is 18.9. The van der Waals surface area contributed by atoms with Crippen molar-refractivity contribution in [2.75, 3.05) is 14.2 Å². The summed E-state index contributed by atoms with van der Waals surface area (Å²) in [7, 11) is 3.25. The van der Waals surface area contributed by atoms with Gasteiger partial charge in [0.2, 0.25) is 0 Å². The summed E-state index contributed by atoms with van der Waals surface area (Å²) in [5, 5.41) is 18.9. The summed E-state index contributed by atoms with van der Waals surface area (Å²) in [5.74, 6) is 2.72. The van der Waals surface area contributed by atoms with E-state index in [2.05, 4.69) is 47.5 Å². The van der Waals surface area contributed by atoms with Crippen LogP contribution in [0.1, 0.15) is 16.7 Å². The number of ether oxygens (including phenoxy) is 2. The summed E-state index contributed by atoms with van der Waals surface area (Å²) < 4.78 is 12.9. The Morgan fingerprint density at radius 3 is 2.31 bits per heavy atom. The highest BCUT2D eigenvalue weighted by Gasteiger charge is 2.18. The Morgan fingerprint density at radius 1 is 0.938 bits per heavy atom. The number of hydrogen-bond acceptors (Lipinski definition) is 6. The Balaban J connectivity index is 1.77. The monoisotopic (exact) mass is 442 g/mol. The van der Waals surface area contributed by atoms with Gasteiger partial charge < -0.3 is 9.47 Å². The predicted molar refractivity (Wildman–Crippen MR) is 125 cm³/mol. The van der Waals surface area contributed by atoms with Crippen LogP contribution in [-0.2, 0) is 5.75 Å². The topological polar surface area (TPSA) is 73.0 Å². The van der Waals surface area contributed by atoms with Crippen LogP contribution < -0.4 is 9.47 Å². The molecule has 0 amide bonds. The van der Waals surface area contributed by atoms with Crippen molar-refractivity contribution in [3.63, 3.8) is 0 Å². The number of hydrogen-bond donors (Lipinski definition) is 0. The molecule has 0 spiro atoms. The summed E-state index contributed by atoms with van der Waals surface area (Å²) in [6.07, 6.45) is 0. The van der Waals surface area contributed by atoms with Crippen LogP contribution in [0.5, 0.6) is 11.5 Å². The fraction of sp³-hybridized carbons (Fsp3) is 0.160. The van der Waals surface area contributed by atoms with Gasteiger partial charge in [-0.25, -0.2) is 0 Å². The molecule has 6 nitrogen and oxygen atoms in total. The zero-order valence-electron chi connectivity index (χ0n) is 18.1. The molecule has 3 aromatic carbocycles. The predicted octanol–water partition coefficient (Wildman–Crippen LogP) is 5.42. The summed E-state index contributed by atoms with van der Waals surface area (Å²) >= 11 is 1.57. The maximum absolute atomic E-state index is 9.17. The molecule has 0 saturated carbocycles. The van der Waals surface area contributed by atoms with Crippen LogP contribution in [0.2, 0.25) is 0 Å². The molecule has 0 aliphatic carbocycles. The third-order valence-electron chi connectivity index (χ3n) is 4.96. The molecule has 32 heavy (non-hydrogen) atoms. The molecule has 0 N–H and O–H groups in total. The molecular formula is C25H22N4O2S. The van der Waals surface area contributed by atoms with Crippen molar-refractivity contribution in [1.29, 1.82) is 5.26 Å². The molecule has 7 heteroatoms. The Hall–Kier alpha value is -3.76. The first-order chi connectivity index (χ1) is 15.6. The third kappa shape index (κ3) is 4.61. The van der Waals surface area contributed by atoms with Gasteiger partial charge in [0, 0.05) is 23.1 Å². The highest BCUT2D eigenvalue weighted by atomic mass is 32.2. The fourth-order valence-corrected chi connectivity index (χ4v) is 4.19. The normalized spacial score (nSPS) is 10.6. The number of aromatic nitrogens is 3. The number of rotatable bonds is 7. The van der Waals surface area contributed by atoms with Gasteiger partial charge >= 0.3 is 0 Å². The van der Waals surface area contributed by atoms with E-state index in [0.717, 1.165) is 22.0 Å². The molecule has 1 heterocycles. The van der Waals surface area contributed by atoms with E-state index >= 15 is 0 Å². The number of methoxy groups -OCH3 is 2. The first kappa shape index (κ1) is 21.5. The minimum Gasteiger partial charge on any atom is -0.497 e. The smallest absolute Gasteiger partial charge is 0.196 e. The highest BCUT2D eigenvalue weighted by Crippen LogP contribution is 2.33. The van der Waals surface area contributed by atoms with Gasteiger partial charge in [-0.15, -0.1) is 10.2 Å². The van der Waals surface area contributed by atoms with E-state index in [1.54, 1.807) is 32.0 Å². The number of nitriles is 1. The third-order valence-corrected chi connectivity index (χ3v) is 5.96. The van der Waals surface area contributed by atoms with Gasteiger partial charge in [0.1, 0.15) is 11.5 Å². The largest absolute Gasteiger partial charge is 0.497 e. The highest BCUT2D eigenvalue weighted by molar-refractivity contribution is 7.98. The number of benzene rings is 3. The molecule has 0 atom stereocenters. The molecule has 0 unspecified atom stereocenters. The SMILES string of the molecule is COc1cc(OC)cc(-c2nnc(SCc3cccc(C#N)c3)n2-c2ccc(C)cc2)c1. The van der Waals surface area contributed by atoms with Gasteiger partial charge in [-0.3, -0.25) is 4.57 Å². The Bertz CT molecular complexity index is 1250. The molecule has 0 saturated heterocycles. The maximum atomic E-state index is 9.17. The Kier molecular flexibility index (Phi) is 6.43. The summed E-state index contributed by atoms with van der Waals surface area (Å²) in [6.45, 7) is 2.06. The number of aryl methyl sites for hydroxylation is 1. The maximum Gasteiger partial charge on any atom is 0.196 e. The zero-order chi connectivity index (χ0) is 22.5. The van der Waals surface area contributed by atoms with Gasteiger partial charge in [0.05, 0.1) is 25.9 Å². The first-order valence-electron chi connectivity index (χ1n) is 9.99. The lowest BCUT2D eigenvalue weighted by molar-refractivity contribution is 0.394. The minimum absolute atomic E-state index is 0.646. The van der Waals surface area contributed by atoms with Gasteiger partial charge in [-0.05, 0) is 48.9 Å². The van der Waals surface area contributed by atoms with Crippen LogP contribution in [0.15, 0.2) is 71.9 Å². The Labute approximate surface area is 191 Å². The van der Waals surface area contributed by atoms with Crippen molar-refractivity contribution in [3.05, 3.63) is 83.4 Å². The molecule has 4 aromatic rings. The number of nitrogens with zero attached hydrogens (tertiary/aromatic N) is 4. The molecule has 0 aliphatic heterocycles. The van der Waals surface area contributed by atoms with Crippen molar-refractivity contribution >= 4 is 11.8 Å². The summed E-state index contributed by atoms with van der Waals surface area (Å²) in [4.78, 5) is 0.